The molecular formula is C3H8F3NO3S. The Balaban J connectivity index is 0. The van der Waals surface area contributed by atoms with Crippen LogP contribution in [0.2, 0.25) is 0 Å². The number of rotatable bonds is 0. The molecule has 11 heavy (non-hydrogen) atoms. The smallest absolute Gasteiger partial charge is 0.438 e. The van der Waals surface area contributed by atoms with Crippen molar-refractivity contribution in [2.45, 2.75) is 6.18 Å². The van der Waals surface area contributed by atoms with E-state index in [1.807, 2.05) is 0 Å². The maximum Gasteiger partial charge on any atom is 0.438 e. The average Bonchev–Trinajstić information content (AvgIpc) is 1.59. The minimum atomic E-state index is -4.07. The minimum absolute atomic E-state index is 0.604. The summed E-state index contributed by atoms with van der Waals surface area (Å²) in [7, 11) is -3.92. The van der Waals surface area contributed by atoms with E-state index >= 15 is 0 Å². The molecule has 0 aromatic rings. The topological polar surface area (TPSA) is 84.8 Å². The van der Waals surface area contributed by atoms with Gasteiger partial charge < -0.3 is 10.3 Å². The lowest BCUT2D eigenvalue weighted by Gasteiger charge is -1.93. The van der Waals surface area contributed by atoms with Gasteiger partial charge >= 0.3 is 6.18 Å². The predicted molar refractivity (Wildman–Crippen MR) is 29.4 cm³/mol. The van der Waals surface area contributed by atoms with Crippen LogP contribution in [0.1, 0.15) is 0 Å². The second kappa shape index (κ2) is 4.52. The lowest BCUT2D eigenvalue weighted by Crippen LogP contribution is -2.57. The Hall–Kier alpha value is -0.340. The van der Waals surface area contributed by atoms with Crippen molar-refractivity contribution < 1.29 is 31.9 Å². The molecule has 0 spiro atoms. The number of hydrogen-bond donors (Lipinski definition) is 1. The fraction of sp³-hybridized carbons (Fsp3) is 1.00. The third-order valence-electron chi connectivity index (χ3n) is 0.283. The lowest BCUT2D eigenvalue weighted by atomic mass is 10.7. The van der Waals surface area contributed by atoms with Gasteiger partial charge in [-0.15, -0.1) is 0 Å². The van der Waals surface area contributed by atoms with Crippen LogP contribution in [0.4, 0.5) is 13.2 Å². The van der Waals surface area contributed by atoms with Crippen LogP contribution in [0, 0.1) is 0 Å². The van der Waals surface area contributed by atoms with Crippen LogP contribution in [-0.4, -0.2) is 31.9 Å². The standard InChI is InChI=1S/C2H4F3N.CH4O3S/c3-2(4,5)1-6;1-5(2,3)4/h1,6H2;1H3,(H,2,3,4). The average molecular weight is 195 g/mol. The van der Waals surface area contributed by atoms with Gasteiger partial charge in [0.2, 0.25) is 0 Å². The van der Waals surface area contributed by atoms with E-state index in [4.69, 9.17) is 13.0 Å². The molecule has 0 amide bonds. The Kier molecular flexibility index (Phi) is 5.45. The van der Waals surface area contributed by atoms with E-state index in [0.717, 1.165) is 0 Å². The predicted octanol–water partition coefficient (Wildman–Crippen LogP) is -1.05. The number of alkyl halides is 3. The molecular weight excluding hydrogens is 187 g/mol. The maximum absolute atomic E-state index is 10.7. The second-order valence-corrected chi connectivity index (χ2v) is 2.98. The molecule has 0 aliphatic heterocycles. The van der Waals surface area contributed by atoms with Gasteiger partial charge in [-0.3, -0.25) is 0 Å². The van der Waals surface area contributed by atoms with Crippen molar-refractivity contribution in [3.63, 3.8) is 0 Å². The molecule has 0 aromatic carbocycles. The van der Waals surface area contributed by atoms with Crippen LogP contribution in [0.3, 0.4) is 0 Å². The molecule has 0 saturated carbocycles. The molecule has 3 N–H and O–H groups in total. The second-order valence-electron chi connectivity index (χ2n) is 1.57. The van der Waals surface area contributed by atoms with Crippen LogP contribution < -0.4 is 5.73 Å². The molecule has 0 aliphatic rings. The molecule has 0 fully saturated rings. The van der Waals surface area contributed by atoms with Crippen molar-refractivity contribution in [2.24, 2.45) is 0 Å². The van der Waals surface area contributed by atoms with Crippen molar-refractivity contribution in [3.05, 3.63) is 0 Å². The Morgan fingerprint density at radius 2 is 1.55 bits per heavy atom. The zero-order chi connectivity index (χ0) is 9.71. The highest BCUT2D eigenvalue weighted by atomic mass is 32.2. The van der Waals surface area contributed by atoms with E-state index < -0.39 is 22.8 Å². The molecule has 0 radical (unpaired) electrons. The minimum Gasteiger partial charge on any atom is -0.748 e. The Morgan fingerprint density at radius 3 is 1.55 bits per heavy atom. The highest BCUT2D eigenvalue weighted by molar-refractivity contribution is 7.84. The molecule has 0 bridgehead atoms. The Labute approximate surface area is 61.9 Å². The van der Waals surface area contributed by atoms with E-state index in [2.05, 4.69) is 5.73 Å². The largest absolute Gasteiger partial charge is 0.748 e. The van der Waals surface area contributed by atoms with Gasteiger partial charge in [-0.1, -0.05) is 0 Å². The van der Waals surface area contributed by atoms with E-state index in [-0.39, 0.29) is 0 Å². The van der Waals surface area contributed by atoms with Gasteiger partial charge in [0.1, 0.15) is 0 Å². The summed E-state index contributed by atoms with van der Waals surface area (Å²) in [6.07, 6.45) is -3.47. The lowest BCUT2D eigenvalue weighted by molar-refractivity contribution is -0.426. The van der Waals surface area contributed by atoms with Gasteiger partial charge in [0, 0.05) is 6.26 Å². The molecule has 0 unspecified atom stereocenters. The van der Waals surface area contributed by atoms with E-state index in [9.17, 15) is 13.2 Å². The Morgan fingerprint density at radius 1 is 1.45 bits per heavy atom. The van der Waals surface area contributed by atoms with E-state index in [1.165, 1.54) is 0 Å². The normalized spacial score (nSPS) is 11.8. The molecule has 0 aromatic heterocycles. The summed E-state index contributed by atoms with van der Waals surface area (Å²) in [6, 6.07) is 0. The van der Waals surface area contributed by atoms with E-state index in [1.54, 1.807) is 0 Å². The fourth-order valence-electron chi connectivity index (χ4n) is 0. The van der Waals surface area contributed by atoms with Gasteiger partial charge in [0.05, 0.1) is 10.1 Å². The molecule has 4 nitrogen and oxygen atoms in total. The summed E-state index contributed by atoms with van der Waals surface area (Å²) in [6.45, 7) is -0.979. The SMILES string of the molecule is CS(=O)(=O)[O-].[NH3+]CC(F)(F)F. The summed E-state index contributed by atoms with van der Waals surface area (Å²) < 4.78 is 59.4. The van der Waals surface area contributed by atoms with Crippen LogP contribution in [0.25, 0.3) is 0 Å². The molecule has 0 heterocycles. The van der Waals surface area contributed by atoms with Crippen LogP contribution in [0.5, 0.6) is 0 Å². The van der Waals surface area contributed by atoms with Crippen LogP contribution in [0.15, 0.2) is 0 Å². The highest BCUT2D eigenvalue weighted by Crippen LogP contribution is 2.09. The van der Waals surface area contributed by atoms with E-state index in [0.29, 0.717) is 6.26 Å². The van der Waals surface area contributed by atoms with Gasteiger partial charge in [0.15, 0.2) is 6.54 Å². The van der Waals surface area contributed by atoms with Crippen LogP contribution in [-0.2, 0) is 10.1 Å². The summed E-state index contributed by atoms with van der Waals surface area (Å²) in [5.41, 5.74) is 2.63. The quantitative estimate of drug-likeness (QED) is 0.500. The molecule has 8 heteroatoms. The first-order chi connectivity index (χ1) is 4.56. The Bertz CT molecular complexity index is 176. The molecule has 70 valence electrons. The number of halogens is 3. The first-order valence-electron chi connectivity index (χ1n) is 2.33. The van der Waals surface area contributed by atoms with Crippen molar-refractivity contribution in [3.8, 4) is 0 Å². The molecule has 0 saturated heterocycles. The number of quaternary nitrogens is 1. The van der Waals surface area contributed by atoms with Gasteiger partial charge in [-0.25, -0.2) is 8.42 Å². The van der Waals surface area contributed by atoms with Crippen LogP contribution >= 0.6 is 0 Å². The zero-order valence-electron chi connectivity index (χ0n) is 5.68. The first-order valence-corrected chi connectivity index (χ1v) is 4.15. The first kappa shape index (κ1) is 13.3. The third-order valence-corrected chi connectivity index (χ3v) is 0.283. The van der Waals surface area contributed by atoms with Gasteiger partial charge in [0.25, 0.3) is 0 Å². The monoisotopic (exact) mass is 195 g/mol. The van der Waals surface area contributed by atoms with Gasteiger partial charge in [-0.2, -0.15) is 13.2 Å². The van der Waals surface area contributed by atoms with Crippen molar-refractivity contribution >= 4 is 10.1 Å². The highest BCUT2D eigenvalue weighted by Gasteiger charge is 2.26. The summed E-state index contributed by atoms with van der Waals surface area (Å²) in [4.78, 5) is 0. The number of hydrogen-bond acceptors (Lipinski definition) is 3. The molecule has 0 atom stereocenters. The molecule has 0 aliphatic carbocycles. The maximum atomic E-state index is 10.7. The summed E-state index contributed by atoms with van der Waals surface area (Å²) in [5.74, 6) is 0. The van der Waals surface area contributed by atoms with Gasteiger partial charge in [-0.05, 0) is 0 Å². The third kappa shape index (κ3) is 80.1. The zero-order valence-corrected chi connectivity index (χ0v) is 6.50. The summed E-state index contributed by atoms with van der Waals surface area (Å²) >= 11 is 0. The van der Waals surface area contributed by atoms with Crippen molar-refractivity contribution in [1.82, 2.24) is 0 Å². The molecule has 0 rings (SSSR count). The summed E-state index contributed by atoms with van der Waals surface area (Å²) in [5, 5.41) is 0. The fourth-order valence-corrected chi connectivity index (χ4v) is 0. The van der Waals surface area contributed by atoms with Crippen molar-refractivity contribution in [1.29, 1.82) is 0 Å². The van der Waals surface area contributed by atoms with Crippen molar-refractivity contribution in [2.75, 3.05) is 12.8 Å².